The molecule has 0 saturated heterocycles. The SMILES string of the molecule is CC.CCCCCOc1ccc(C(=O)CNC(=O)c2ccc(C(=O)OC)cc2)cc1. The van der Waals surface area contributed by atoms with Crippen LogP contribution >= 0.6 is 0 Å². The van der Waals surface area contributed by atoms with E-state index in [1.165, 1.54) is 31.4 Å². The third-order valence-electron chi connectivity index (χ3n) is 4.17. The molecule has 0 saturated carbocycles. The summed E-state index contributed by atoms with van der Waals surface area (Å²) in [5, 5.41) is 2.59. The molecule has 30 heavy (non-hydrogen) atoms. The lowest BCUT2D eigenvalue weighted by Crippen LogP contribution is -2.29. The first kappa shape index (κ1) is 24.9. The number of esters is 1. The number of carbonyl (C=O) groups excluding carboxylic acids is 3. The topological polar surface area (TPSA) is 81.7 Å². The van der Waals surface area contributed by atoms with Crippen LogP contribution in [-0.4, -0.2) is 37.9 Å². The summed E-state index contributed by atoms with van der Waals surface area (Å²) < 4.78 is 10.2. The van der Waals surface area contributed by atoms with Crippen molar-refractivity contribution in [2.45, 2.75) is 40.0 Å². The zero-order valence-corrected chi connectivity index (χ0v) is 18.2. The van der Waals surface area contributed by atoms with Crippen LogP contribution in [0.5, 0.6) is 5.75 Å². The van der Waals surface area contributed by atoms with Crippen molar-refractivity contribution in [1.82, 2.24) is 5.32 Å². The summed E-state index contributed by atoms with van der Waals surface area (Å²) in [6, 6.07) is 12.9. The molecular formula is C24H31NO5. The fourth-order valence-electron chi connectivity index (χ4n) is 2.52. The molecule has 0 aromatic heterocycles. The van der Waals surface area contributed by atoms with Gasteiger partial charge in [0.25, 0.3) is 5.91 Å². The number of hydrogen-bond acceptors (Lipinski definition) is 5. The number of methoxy groups -OCH3 is 1. The molecule has 0 bridgehead atoms. The Morgan fingerprint density at radius 1 is 0.833 bits per heavy atom. The number of ether oxygens (including phenoxy) is 2. The van der Waals surface area contributed by atoms with Crippen molar-refractivity contribution >= 4 is 17.7 Å². The average Bonchev–Trinajstić information content (AvgIpc) is 2.81. The number of rotatable bonds is 10. The van der Waals surface area contributed by atoms with E-state index in [4.69, 9.17) is 4.74 Å². The Hall–Kier alpha value is -3.15. The molecule has 0 unspecified atom stereocenters. The van der Waals surface area contributed by atoms with Crippen molar-refractivity contribution in [2.24, 2.45) is 0 Å². The predicted octanol–water partition coefficient (Wildman–Crippen LogP) is 4.68. The normalized spacial score (nSPS) is 9.73. The molecule has 0 radical (unpaired) electrons. The van der Waals surface area contributed by atoms with Crippen molar-refractivity contribution in [3.8, 4) is 5.75 Å². The summed E-state index contributed by atoms with van der Waals surface area (Å²) in [7, 11) is 1.29. The average molecular weight is 414 g/mol. The van der Waals surface area contributed by atoms with Gasteiger partial charge in [0.15, 0.2) is 5.78 Å². The maximum absolute atomic E-state index is 12.3. The second-order valence-corrected chi connectivity index (χ2v) is 6.25. The van der Waals surface area contributed by atoms with Crippen LogP contribution in [0.4, 0.5) is 0 Å². The minimum absolute atomic E-state index is 0.117. The first-order valence-electron chi connectivity index (χ1n) is 10.3. The first-order valence-corrected chi connectivity index (χ1v) is 10.3. The Kier molecular flexibility index (Phi) is 11.6. The van der Waals surface area contributed by atoms with Gasteiger partial charge < -0.3 is 14.8 Å². The van der Waals surface area contributed by atoms with E-state index in [0.717, 1.165) is 25.0 Å². The molecule has 0 spiro atoms. The molecule has 162 valence electrons. The maximum atomic E-state index is 12.3. The molecule has 6 heteroatoms. The number of Topliss-reactive ketones (excluding diaryl/α,β-unsaturated/α-hetero) is 1. The van der Waals surface area contributed by atoms with Gasteiger partial charge in [0.05, 0.1) is 25.8 Å². The molecule has 1 N–H and O–H groups in total. The van der Waals surface area contributed by atoms with Crippen LogP contribution in [0.3, 0.4) is 0 Å². The van der Waals surface area contributed by atoms with Gasteiger partial charge >= 0.3 is 5.97 Å². The summed E-state index contributed by atoms with van der Waals surface area (Å²) in [6.45, 7) is 6.68. The molecule has 0 aliphatic heterocycles. The van der Waals surface area contributed by atoms with Crippen molar-refractivity contribution < 1.29 is 23.9 Å². The van der Waals surface area contributed by atoms with E-state index in [0.29, 0.717) is 23.3 Å². The fourth-order valence-corrected chi connectivity index (χ4v) is 2.52. The molecule has 0 aliphatic rings. The van der Waals surface area contributed by atoms with E-state index in [9.17, 15) is 14.4 Å². The number of ketones is 1. The molecule has 2 aromatic rings. The lowest BCUT2D eigenvalue weighted by Gasteiger charge is -2.08. The highest BCUT2D eigenvalue weighted by atomic mass is 16.5. The van der Waals surface area contributed by atoms with Crippen molar-refractivity contribution in [1.29, 1.82) is 0 Å². The van der Waals surface area contributed by atoms with Gasteiger partial charge in [-0.2, -0.15) is 0 Å². The van der Waals surface area contributed by atoms with E-state index in [1.54, 1.807) is 24.3 Å². The van der Waals surface area contributed by atoms with Gasteiger partial charge in [0.2, 0.25) is 0 Å². The molecule has 0 atom stereocenters. The van der Waals surface area contributed by atoms with E-state index >= 15 is 0 Å². The fraction of sp³-hybridized carbons (Fsp3) is 0.375. The second kappa shape index (κ2) is 13.9. The predicted molar refractivity (Wildman–Crippen MR) is 117 cm³/mol. The van der Waals surface area contributed by atoms with Crippen LogP contribution in [0.2, 0.25) is 0 Å². The highest BCUT2D eigenvalue weighted by molar-refractivity contribution is 6.02. The molecule has 1 amide bonds. The van der Waals surface area contributed by atoms with E-state index in [2.05, 4.69) is 17.0 Å². The minimum atomic E-state index is -0.472. The number of amides is 1. The van der Waals surface area contributed by atoms with Gasteiger partial charge in [0, 0.05) is 11.1 Å². The number of hydrogen-bond donors (Lipinski definition) is 1. The van der Waals surface area contributed by atoms with Crippen LogP contribution < -0.4 is 10.1 Å². The third-order valence-corrected chi connectivity index (χ3v) is 4.17. The first-order chi connectivity index (χ1) is 14.5. The van der Waals surface area contributed by atoms with Gasteiger partial charge in [-0.05, 0) is 55.0 Å². The Balaban J connectivity index is 0.00000218. The van der Waals surface area contributed by atoms with Crippen LogP contribution in [0, 0.1) is 0 Å². The third kappa shape index (κ3) is 8.07. The monoisotopic (exact) mass is 413 g/mol. The summed E-state index contributed by atoms with van der Waals surface area (Å²) in [4.78, 5) is 35.8. The van der Waals surface area contributed by atoms with Crippen LogP contribution in [0.15, 0.2) is 48.5 Å². The molecule has 2 rings (SSSR count). The molecule has 2 aromatic carbocycles. The highest BCUT2D eigenvalue weighted by Gasteiger charge is 2.11. The van der Waals surface area contributed by atoms with Gasteiger partial charge in [-0.1, -0.05) is 33.6 Å². The molecule has 0 aliphatic carbocycles. The van der Waals surface area contributed by atoms with E-state index in [-0.39, 0.29) is 18.2 Å². The Morgan fingerprint density at radius 3 is 1.97 bits per heavy atom. The smallest absolute Gasteiger partial charge is 0.337 e. The molecule has 0 heterocycles. The summed E-state index contributed by atoms with van der Waals surface area (Å²) in [5.74, 6) is -0.333. The summed E-state index contributed by atoms with van der Waals surface area (Å²) in [6.07, 6.45) is 3.27. The number of benzene rings is 2. The van der Waals surface area contributed by atoms with Gasteiger partial charge in [0.1, 0.15) is 5.75 Å². The quantitative estimate of drug-likeness (QED) is 0.347. The molecule has 6 nitrogen and oxygen atoms in total. The minimum Gasteiger partial charge on any atom is -0.494 e. The van der Waals surface area contributed by atoms with Crippen LogP contribution in [0.1, 0.15) is 71.1 Å². The van der Waals surface area contributed by atoms with Crippen molar-refractivity contribution in [3.05, 3.63) is 65.2 Å². The Labute approximate surface area is 178 Å². The second-order valence-electron chi connectivity index (χ2n) is 6.25. The lowest BCUT2D eigenvalue weighted by atomic mass is 10.1. The maximum Gasteiger partial charge on any atom is 0.337 e. The zero-order chi connectivity index (χ0) is 22.4. The largest absolute Gasteiger partial charge is 0.494 e. The van der Waals surface area contributed by atoms with Gasteiger partial charge in [-0.3, -0.25) is 9.59 Å². The summed E-state index contributed by atoms with van der Waals surface area (Å²) >= 11 is 0. The van der Waals surface area contributed by atoms with Crippen molar-refractivity contribution in [2.75, 3.05) is 20.3 Å². The van der Waals surface area contributed by atoms with Gasteiger partial charge in [-0.15, -0.1) is 0 Å². The molecule has 0 fully saturated rings. The lowest BCUT2D eigenvalue weighted by molar-refractivity contribution is 0.0600. The zero-order valence-electron chi connectivity index (χ0n) is 18.2. The standard InChI is InChI=1S/C22H25NO5.C2H6/c1-3-4-5-14-28-19-12-10-16(11-13-19)20(24)15-23-21(25)17-6-8-18(9-7-17)22(26)27-2;1-2/h6-13H,3-5,14-15H2,1-2H3,(H,23,25);1-2H3. The van der Waals surface area contributed by atoms with E-state index < -0.39 is 5.97 Å². The number of carbonyl (C=O) groups is 3. The highest BCUT2D eigenvalue weighted by Crippen LogP contribution is 2.13. The Bertz CT molecular complexity index is 797. The van der Waals surface area contributed by atoms with Gasteiger partial charge in [-0.25, -0.2) is 4.79 Å². The van der Waals surface area contributed by atoms with E-state index in [1.807, 2.05) is 13.8 Å². The van der Waals surface area contributed by atoms with Crippen molar-refractivity contribution in [3.63, 3.8) is 0 Å². The molecular weight excluding hydrogens is 382 g/mol. The summed E-state index contributed by atoms with van der Waals surface area (Å²) in [5.41, 5.74) is 1.21. The number of nitrogens with one attached hydrogen (secondary N) is 1. The number of unbranched alkanes of at least 4 members (excludes halogenated alkanes) is 2. The van der Waals surface area contributed by atoms with Crippen LogP contribution in [0.25, 0.3) is 0 Å². The van der Waals surface area contributed by atoms with Crippen LogP contribution in [-0.2, 0) is 4.74 Å². The Morgan fingerprint density at radius 2 is 1.40 bits per heavy atom.